The van der Waals surface area contributed by atoms with Crippen LogP contribution in [0.2, 0.25) is 0 Å². The molecule has 0 aliphatic carbocycles. The lowest BCUT2D eigenvalue weighted by atomic mass is 10.0. The molecular weight excluding hydrogens is 407 g/mol. The topological polar surface area (TPSA) is 101 Å². The molecule has 0 saturated carbocycles. The van der Waals surface area contributed by atoms with Crippen molar-refractivity contribution in [1.82, 2.24) is 39.9 Å². The van der Waals surface area contributed by atoms with Gasteiger partial charge in [0.2, 0.25) is 0 Å². The van der Waals surface area contributed by atoms with Crippen LogP contribution in [0.1, 0.15) is 5.56 Å². The number of imidazole rings is 1. The molecule has 0 unspecified atom stereocenters. The van der Waals surface area contributed by atoms with Crippen LogP contribution in [0.15, 0.2) is 55.1 Å². The van der Waals surface area contributed by atoms with Gasteiger partial charge in [-0.25, -0.2) is 14.4 Å². The number of nitrogens with one attached hydrogen (secondary N) is 2. The van der Waals surface area contributed by atoms with Gasteiger partial charge in [-0.2, -0.15) is 10.2 Å². The molecule has 9 heteroatoms. The van der Waals surface area contributed by atoms with E-state index in [4.69, 9.17) is 0 Å². The molecular formula is C23H17FN8. The molecule has 0 fully saturated rings. The maximum Gasteiger partial charge on any atom is 0.178 e. The maximum absolute atomic E-state index is 14.0. The molecule has 0 bridgehead atoms. The minimum absolute atomic E-state index is 0.279. The molecule has 5 heterocycles. The Morgan fingerprint density at radius 2 is 1.94 bits per heavy atom. The Bertz CT molecular complexity index is 1600. The van der Waals surface area contributed by atoms with Crippen molar-refractivity contribution in [2.75, 3.05) is 0 Å². The first-order valence-electron chi connectivity index (χ1n) is 10.0. The van der Waals surface area contributed by atoms with Gasteiger partial charge in [-0.3, -0.25) is 14.8 Å². The largest absolute Gasteiger partial charge is 0.335 e. The summed E-state index contributed by atoms with van der Waals surface area (Å²) in [7, 11) is 1.87. The third-order valence-electron chi connectivity index (χ3n) is 5.42. The summed E-state index contributed by atoms with van der Waals surface area (Å²) in [5.74, 6) is 0.293. The van der Waals surface area contributed by atoms with Crippen molar-refractivity contribution in [1.29, 1.82) is 0 Å². The summed E-state index contributed by atoms with van der Waals surface area (Å²) >= 11 is 0. The van der Waals surface area contributed by atoms with Crippen LogP contribution in [0.25, 0.3) is 56.0 Å². The van der Waals surface area contributed by atoms with E-state index >= 15 is 0 Å². The lowest BCUT2D eigenvalue weighted by Gasteiger charge is -2.04. The second-order valence-electron chi connectivity index (χ2n) is 7.75. The third kappa shape index (κ3) is 2.94. The van der Waals surface area contributed by atoms with Gasteiger partial charge in [-0.15, -0.1) is 0 Å². The van der Waals surface area contributed by atoms with Crippen molar-refractivity contribution >= 4 is 22.1 Å². The van der Waals surface area contributed by atoms with Gasteiger partial charge in [-0.1, -0.05) is 6.07 Å². The number of hydrogen-bond donors (Lipinski definition) is 2. The van der Waals surface area contributed by atoms with Crippen LogP contribution in [0.4, 0.5) is 4.39 Å². The third-order valence-corrected chi connectivity index (χ3v) is 5.42. The van der Waals surface area contributed by atoms with Crippen LogP contribution >= 0.6 is 0 Å². The summed E-state index contributed by atoms with van der Waals surface area (Å²) in [5, 5.41) is 12.6. The van der Waals surface area contributed by atoms with E-state index in [-0.39, 0.29) is 5.82 Å². The Kier molecular flexibility index (Phi) is 3.91. The zero-order valence-electron chi connectivity index (χ0n) is 17.3. The van der Waals surface area contributed by atoms with Crippen molar-refractivity contribution in [3.63, 3.8) is 0 Å². The smallest absolute Gasteiger partial charge is 0.178 e. The van der Waals surface area contributed by atoms with E-state index in [2.05, 4.69) is 35.2 Å². The van der Waals surface area contributed by atoms with Crippen LogP contribution in [0, 0.1) is 12.7 Å². The second kappa shape index (κ2) is 6.81. The number of aryl methyl sites for hydroxylation is 2. The van der Waals surface area contributed by atoms with Gasteiger partial charge in [0.05, 0.1) is 29.1 Å². The highest BCUT2D eigenvalue weighted by molar-refractivity contribution is 5.96. The Labute approximate surface area is 181 Å². The van der Waals surface area contributed by atoms with E-state index in [1.807, 2.05) is 38.4 Å². The summed E-state index contributed by atoms with van der Waals surface area (Å²) in [6.07, 6.45) is 7.10. The zero-order valence-corrected chi connectivity index (χ0v) is 17.3. The number of nitrogens with zero attached hydrogens (tertiary/aromatic N) is 6. The number of aromatic nitrogens is 8. The molecule has 6 rings (SSSR count). The number of H-pyrrole nitrogens is 2. The monoisotopic (exact) mass is 424 g/mol. The van der Waals surface area contributed by atoms with E-state index in [9.17, 15) is 4.39 Å². The molecule has 6 aromatic rings. The molecule has 0 radical (unpaired) electrons. The average Bonchev–Trinajstić information content (AvgIpc) is 3.49. The fourth-order valence-electron chi connectivity index (χ4n) is 3.96. The van der Waals surface area contributed by atoms with E-state index in [1.165, 1.54) is 12.1 Å². The van der Waals surface area contributed by atoms with Crippen molar-refractivity contribution in [2.45, 2.75) is 6.92 Å². The summed E-state index contributed by atoms with van der Waals surface area (Å²) < 4.78 is 15.8. The molecule has 0 amide bonds. The molecule has 5 aromatic heterocycles. The van der Waals surface area contributed by atoms with Gasteiger partial charge in [0.25, 0.3) is 0 Å². The van der Waals surface area contributed by atoms with Gasteiger partial charge < -0.3 is 4.98 Å². The highest BCUT2D eigenvalue weighted by atomic mass is 19.1. The maximum atomic E-state index is 14.0. The van der Waals surface area contributed by atoms with Gasteiger partial charge in [0.15, 0.2) is 11.5 Å². The average molecular weight is 424 g/mol. The summed E-state index contributed by atoms with van der Waals surface area (Å²) in [4.78, 5) is 16.9. The quantitative estimate of drug-likeness (QED) is 0.438. The molecule has 1 aromatic carbocycles. The van der Waals surface area contributed by atoms with Crippen molar-refractivity contribution in [3.8, 4) is 33.9 Å². The van der Waals surface area contributed by atoms with Crippen LogP contribution in [0.5, 0.6) is 0 Å². The van der Waals surface area contributed by atoms with Crippen molar-refractivity contribution in [2.24, 2.45) is 7.05 Å². The van der Waals surface area contributed by atoms with E-state index < -0.39 is 0 Å². The minimum atomic E-state index is -0.279. The summed E-state index contributed by atoms with van der Waals surface area (Å²) in [6, 6.07) is 8.77. The van der Waals surface area contributed by atoms with E-state index in [0.717, 1.165) is 44.4 Å². The van der Waals surface area contributed by atoms with Crippen LogP contribution in [-0.4, -0.2) is 39.9 Å². The Morgan fingerprint density at radius 1 is 1.03 bits per heavy atom. The van der Waals surface area contributed by atoms with Crippen LogP contribution in [0.3, 0.4) is 0 Å². The predicted molar refractivity (Wildman–Crippen MR) is 119 cm³/mol. The molecule has 0 aliphatic heterocycles. The lowest BCUT2D eigenvalue weighted by molar-refractivity contribution is 0.627. The first-order chi connectivity index (χ1) is 15.5. The fraction of sp³-hybridized carbons (Fsp3) is 0.0870. The van der Waals surface area contributed by atoms with E-state index in [1.54, 1.807) is 23.3 Å². The highest BCUT2D eigenvalue weighted by Crippen LogP contribution is 2.32. The van der Waals surface area contributed by atoms with Gasteiger partial charge >= 0.3 is 0 Å². The predicted octanol–water partition coefficient (Wildman–Crippen LogP) is 4.41. The van der Waals surface area contributed by atoms with Crippen LogP contribution in [-0.2, 0) is 7.05 Å². The first-order valence-corrected chi connectivity index (χ1v) is 10.0. The number of aromatic amines is 2. The first kappa shape index (κ1) is 18.4. The minimum Gasteiger partial charge on any atom is -0.335 e. The molecule has 8 nitrogen and oxygen atoms in total. The number of benzene rings is 1. The summed E-state index contributed by atoms with van der Waals surface area (Å²) in [6.45, 7) is 1.87. The van der Waals surface area contributed by atoms with Gasteiger partial charge in [-0.05, 0) is 42.3 Å². The molecule has 0 saturated heterocycles. The van der Waals surface area contributed by atoms with Crippen LogP contribution < -0.4 is 0 Å². The lowest BCUT2D eigenvalue weighted by Crippen LogP contribution is -1.86. The van der Waals surface area contributed by atoms with E-state index in [0.29, 0.717) is 17.2 Å². The Balaban J connectivity index is 1.51. The molecule has 32 heavy (non-hydrogen) atoms. The number of rotatable bonds is 3. The Morgan fingerprint density at radius 3 is 2.75 bits per heavy atom. The molecule has 0 atom stereocenters. The number of hydrogen-bond acceptors (Lipinski definition) is 5. The highest BCUT2D eigenvalue weighted by Gasteiger charge is 2.17. The number of pyridine rings is 2. The standard InChI is InChI=1S/C23H17FN8/c1-12-5-13(7-15(24)6-12)16-3-4-25-22-20(16)28-23(29-22)21-17-8-18(14-9-27-32(2)11-14)26-10-19(17)30-31-21/h3-11H,1-2H3,(H,30,31)(H,25,28,29). The normalized spacial score (nSPS) is 11.6. The SMILES string of the molecule is Cc1cc(F)cc(-c2ccnc3nc(-c4n[nH]c5cnc(-c6cnn(C)c6)cc45)[nH]c23)c1. The molecule has 0 spiro atoms. The number of halogens is 1. The Hall–Kier alpha value is -4.40. The molecule has 156 valence electrons. The molecule has 0 aliphatic rings. The zero-order chi connectivity index (χ0) is 21.8. The second-order valence-corrected chi connectivity index (χ2v) is 7.75. The summed E-state index contributed by atoms with van der Waals surface area (Å²) in [5.41, 5.74) is 6.86. The van der Waals surface area contributed by atoms with Gasteiger partial charge in [0.1, 0.15) is 11.5 Å². The van der Waals surface area contributed by atoms with Crippen molar-refractivity contribution in [3.05, 3.63) is 66.5 Å². The van der Waals surface area contributed by atoms with Gasteiger partial charge in [0, 0.05) is 36.0 Å². The van der Waals surface area contributed by atoms with Crippen molar-refractivity contribution < 1.29 is 4.39 Å². The molecule has 2 N–H and O–H groups in total. The number of fused-ring (bicyclic) bond motifs is 2. The fourth-order valence-corrected chi connectivity index (χ4v) is 3.96.